The molecule has 2 rings (SSSR count). The Morgan fingerprint density at radius 2 is 2.38 bits per heavy atom. The average molecular weight is 192 g/mol. The van der Waals surface area contributed by atoms with Crippen molar-refractivity contribution in [2.45, 2.75) is 6.42 Å². The minimum Gasteiger partial charge on any atom is -0.238 e. The predicted octanol–water partition coefficient (Wildman–Crippen LogP) is 2.67. The maximum atomic E-state index is 12.8. The second-order valence-electron chi connectivity index (χ2n) is 2.74. The number of halogens is 1. The van der Waals surface area contributed by atoms with Gasteiger partial charge in [-0.2, -0.15) is 0 Å². The molecule has 0 aliphatic carbocycles. The van der Waals surface area contributed by atoms with Gasteiger partial charge in [-0.05, 0) is 17.7 Å². The van der Waals surface area contributed by atoms with Gasteiger partial charge in [-0.15, -0.1) is 11.3 Å². The first-order chi connectivity index (χ1) is 6.34. The number of rotatable bonds is 2. The van der Waals surface area contributed by atoms with Crippen LogP contribution in [0.2, 0.25) is 0 Å². The maximum Gasteiger partial charge on any atom is 0.152 e. The van der Waals surface area contributed by atoms with E-state index in [1.807, 2.05) is 11.4 Å². The van der Waals surface area contributed by atoms with E-state index in [0.29, 0.717) is 6.42 Å². The lowest BCUT2D eigenvalue weighted by molar-refractivity contribution is 0.626. The predicted molar refractivity (Wildman–Crippen MR) is 50.2 cm³/mol. The zero-order valence-electron chi connectivity index (χ0n) is 6.83. The van der Waals surface area contributed by atoms with Crippen molar-refractivity contribution in [3.05, 3.63) is 52.2 Å². The Balaban J connectivity index is 2.19. The van der Waals surface area contributed by atoms with Crippen LogP contribution in [0.3, 0.4) is 0 Å². The van der Waals surface area contributed by atoms with Crippen molar-refractivity contribution in [3.8, 4) is 0 Å². The molecule has 2 aromatic rings. The van der Waals surface area contributed by atoms with Crippen LogP contribution in [0.5, 0.6) is 0 Å². The highest BCUT2D eigenvalue weighted by atomic mass is 32.1. The SMILES string of the molecule is Fc1cccc(Cc2cs[c]n2)c1. The molecule has 0 atom stereocenters. The molecule has 0 aliphatic heterocycles. The standard InChI is InChI=1S/C10H7FNS/c11-9-3-1-2-8(4-9)5-10-6-13-7-12-10/h1-4,6H,5H2. The van der Waals surface area contributed by atoms with Gasteiger partial charge >= 0.3 is 0 Å². The van der Waals surface area contributed by atoms with E-state index in [1.54, 1.807) is 6.07 Å². The molecule has 3 heteroatoms. The Labute approximate surface area is 79.9 Å². The lowest BCUT2D eigenvalue weighted by atomic mass is 10.1. The smallest absolute Gasteiger partial charge is 0.152 e. The van der Waals surface area contributed by atoms with E-state index < -0.39 is 0 Å². The van der Waals surface area contributed by atoms with Gasteiger partial charge in [0.25, 0.3) is 0 Å². The fraction of sp³-hybridized carbons (Fsp3) is 0.100. The summed E-state index contributed by atoms with van der Waals surface area (Å²) in [5, 5.41) is 1.92. The quantitative estimate of drug-likeness (QED) is 0.712. The van der Waals surface area contributed by atoms with Crippen LogP contribution in [-0.4, -0.2) is 4.98 Å². The Hall–Kier alpha value is -1.22. The van der Waals surface area contributed by atoms with E-state index in [9.17, 15) is 4.39 Å². The summed E-state index contributed by atoms with van der Waals surface area (Å²) in [6, 6.07) is 6.57. The number of nitrogens with zero attached hydrogens (tertiary/aromatic N) is 1. The van der Waals surface area contributed by atoms with E-state index >= 15 is 0 Å². The highest BCUT2D eigenvalue weighted by Gasteiger charge is 1.98. The number of thiazole rings is 1. The third-order valence-electron chi connectivity index (χ3n) is 1.71. The molecule has 0 unspecified atom stereocenters. The van der Waals surface area contributed by atoms with Crippen molar-refractivity contribution >= 4 is 11.3 Å². The number of hydrogen-bond acceptors (Lipinski definition) is 2. The zero-order valence-corrected chi connectivity index (χ0v) is 7.64. The van der Waals surface area contributed by atoms with Crippen LogP contribution >= 0.6 is 11.3 Å². The normalized spacial score (nSPS) is 10.2. The summed E-state index contributed by atoms with van der Waals surface area (Å²) >= 11 is 1.43. The van der Waals surface area contributed by atoms with E-state index in [0.717, 1.165) is 11.3 Å². The Morgan fingerprint density at radius 1 is 1.46 bits per heavy atom. The van der Waals surface area contributed by atoms with Gasteiger partial charge in [0, 0.05) is 11.8 Å². The Bertz CT molecular complexity index is 384. The van der Waals surface area contributed by atoms with Gasteiger partial charge in [0.1, 0.15) is 5.82 Å². The summed E-state index contributed by atoms with van der Waals surface area (Å²) in [4.78, 5) is 4.01. The van der Waals surface area contributed by atoms with E-state index in [2.05, 4.69) is 10.5 Å². The van der Waals surface area contributed by atoms with Gasteiger partial charge < -0.3 is 0 Å². The van der Waals surface area contributed by atoms with Crippen LogP contribution in [0, 0.1) is 11.3 Å². The monoisotopic (exact) mass is 192 g/mol. The first-order valence-corrected chi connectivity index (χ1v) is 4.77. The summed E-state index contributed by atoms with van der Waals surface area (Å²) in [6.07, 6.45) is 0.678. The van der Waals surface area contributed by atoms with Crippen molar-refractivity contribution in [1.29, 1.82) is 0 Å². The topological polar surface area (TPSA) is 12.9 Å². The van der Waals surface area contributed by atoms with Crippen LogP contribution < -0.4 is 0 Å². The molecule has 0 aliphatic rings. The second-order valence-corrected chi connectivity index (χ2v) is 3.39. The van der Waals surface area contributed by atoms with Crippen LogP contribution in [0.1, 0.15) is 11.3 Å². The number of benzene rings is 1. The molecule has 1 nitrogen and oxygen atoms in total. The highest BCUT2D eigenvalue weighted by molar-refractivity contribution is 7.07. The molecule has 0 fully saturated rings. The summed E-state index contributed by atoms with van der Waals surface area (Å²) in [5.74, 6) is -0.197. The van der Waals surface area contributed by atoms with Gasteiger partial charge in [0.05, 0.1) is 5.69 Å². The molecule has 0 amide bonds. The van der Waals surface area contributed by atoms with Crippen LogP contribution in [0.15, 0.2) is 29.6 Å². The van der Waals surface area contributed by atoms with Gasteiger partial charge in [-0.25, -0.2) is 9.37 Å². The molecule has 65 valence electrons. The minimum absolute atomic E-state index is 0.197. The lowest BCUT2D eigenvalue weighted by Crippen LogP contribution is -1.88. The average Bonchev–Trinajstić information content (AvgIpc) is 2.57. The molecule has 1 aromatic carbocycles. The fourth-order valence-electron chi connectivity index (χ4n) is 1.14. The van der Waals surface area contributed by atoms with Crippen molar-refractivity contribution in [1.82, 2.24) is 4.98 Å². The van der Waals surface area contributed by atoms with Crippen molar-refractivity contribution in [3.63, 3.8) is 0 Å². The van der Waals surface area contributed by atoms with Crippen LogP contribution in [-0.2, 0) is 6.42 Å². The summed E-state index contributed by atoms with van der Waals surface area (Å²) in [6.45, 7) is 0. The molecule has 1 heterocycles. The number of hydrogen-bond donors (Lipinski definition) is 0. The summed E-state index contributed by atoms with van der Waals surface area (Å²) in [5.41, 5.74) is 4.65. The van der Waals surface area contributed by atoms with Gasteiger partial charge in [0.2, 0.25) is 0 Å². The summed E-state index contributed by atoms with van der Waals surface area (Å²) < 4.78 is 12.8. The minimum atomic E-state index is -0.197. The fourth-order valence-corrected chi connectivity index (χ4v) is 1.64. The van der Waals surface area contributed by atoms with E-state index in [-0.39, 0.29) is 5.82 Å². The second kappa shape index (κ2) is 3.66. The largest absolute Gasteiger partial charge is 0.238 e. The third kappa shape index (κ3) is 2.12. The molecule has 0 N–H and O–H groups in total. The number of aromatic nitrogens is 1. The molecule has 0 bridgehead atoms. The van der Waals surface area contributed by atoms with Crippen LogP contribution in [0.25, 0.3) is 0 Å². The van der Waals surface area contributed by atoms with Crippen molar-refractivity contribution < 1.29 is 4.39 Å². The lowest BCUT2D eigenvalue weighted by Gasteiger charge is -1.97. The van der Waals surface area contributed by atoms with Crippen molar-refractivity contribution in [2.24, 2.45) is 0 Å². The molecule has 1 aromatic heterocycles. The Kier molecular flexibility index (Phi) is 2.36. The van der Waals surface area contributed by atoms with Gasteiger partial charge in [-0.3, -0.25) is 0 Å². The van der Waals surface area contributed by atoms with E-state index in [1.165, 1.54) is 23.5 Å². The molecule has 0 saturated heterocycles. The summed E-state index contributed by atoms with van der Waals surface area (Å²) in [7, 11) is 0. The molecule has 1 radical (unpaired) electrons. The first-order valence-electron chi connectivity index (χ1n) is 3.89. The molecular formula is C10H7FNS. The Morgan fingerprint density at radius 3 is 3.08 bits per heavy atom. The zero-order chi connectivity index (χ0) is 9.10. The molecular weight excluding hydrogens is 185 g/mol. The third-order valence-corrected chi connectivity index (χ3v) is 2.30. The van der Waals surface area contributed by atoms with E-state index in [4.69, 9.17) is 0 Å². The van der Waals surface area contributed by atoms with Gasteiger partial charge in [0.15, 0.2) is 5.51 Å². The maximum absolute atomic E-state index is 12.8. The van der Waals surface area contributed by atoms with Crippen molar-refractivity contribution in [2.75, 3.05) is 0 Å². The molecule has 13 heavy (non-hydrogen) atoms. The first kappa shape index (κ1) is 8.38. The van der Waals surface area contributed by atoms with Gasteiger partial charge in [-0.1, -0.05) is 12.1 Å². The van der Waals surface area contributed by atoms with Crippen LogP contribution in [0.4, 0.5) is 4.39 Å². The molecule has 0 spiro atoms. The molecule has 0 saturated carbocycles. The highest BCUT2D eigenvalue weighted by Crippen LogP contribution is 2.10.